The van der Waals surface area contributed by atoms with Crippen molar-refractivity contribution < 1.29 is 23.8 Å². The van der Waals surface area contributed by atoms with Crippen molar-refractivity contribution in [2.24, 2.45) is 5.41 Å². The lowest BCUT2D eigenvalue weighted by atomic mass is 9.71. The monoisotopic (exact) mass is 330 g/mol. The van der Waals surface area contributed by atoms with Gasteiger partial charge in [-0.1, -0.05) is 19.9 Å². The number of rotatable bonds is 3. The molecule has 3 rings (SSSR count). The molecule has 1 aromatic carbocycles. The molecule has 0 bridgehead atoms. The molecule has 1 heterocycles. The minimum atomic E-state index is -0.328. The van der Waals surface area contributed by atoms with Crippen molar-refractivity contribution in [3.8, 4) is 11.5 Å². The van der Waals surface area contributed by atoms with Crippen molar-refractivity contribution in [2.45, 2.75) is 39.0 Å². The van der Waals surface area contributed by atoms with E-state index in [1.807, 2.05) is 26.0 Å². The Labute approximate surface area is 141 Å². The molecule has 0 saturated carbocycles. The Hall–Kier alpha value is -2.30. The molecule has 5 heteroatoms. The van der Waals surface area contributed by atoms with Crippen molar-refractivity contribution in [1.82, 2.24) is 0 Å². The van der Waals surface area contributed by atoms with Gasteiger partial charge in [0.05, 0.1) is 20.6 Å². The van der Waals surface area contributed by atoms with Crippen LogP contribution in [0.4, 0.5) is 0 Å². The third-order valence-electron chi connectivity index (χ3n) is 4.65. The number of hydrogen-bond donors (Lipinski definition) is 0. The van der Waals surface area contributed by atoms with E-state index in [9.17, 15) is 9.59 Å². The fourth-order valence-corrected chi connectivity index (χ4v) is 3.58. The van der Waals surface area contributed by atoms with E-state index in [0.29, 0.717) is 35.7 Å². The minimum Gasteiger partial charge on any atom is -0.497 e. The second-order valence-electron chi connectivity index (χ2n) is 7.12. The number of Topliss-reactive ketones (excluding diaryl/α,β-unsaturated/α-hetero) is 1. The Kier molecular flexibility index (Phi) is 4.11. The number of carbonyl (C=O) groups excluding carboxylic acids is 2. The lowest BCUT2D eigenvalue weighted by molar-refractivity contribution is -0.142. The first kappa shape index (κ1) is 16.6. The lowest BCUT2D eigenvalue weighted by Crippen LogP contribution is -2.34. The van der Waals surface area contributed by atoms with Crippen LogP contribution in [0.3, 0.4) is 0 Å². The summed E-state index contributed by atoms with van der Waals surface area (Å²) in [5, 5.41) is 0. The molecule has 24 heavy (non-hydrogen) atoms. The molecule has 1 aliphatic carbocycles. The zero-order valence-electron chi connectivity index (χ0n) is 14.5. The number of hydrogen-bond acceptors (Lipinski definition) is 5. The van der Waals surface area contributed by atoms with Crippen LogP contribution in [0.25, 0.3) is 0 Å². The van der Waals surface area contributed by atoms with E-state index < -0.39 is 0 Å². The topological polar surface area (TPSA) is 61.8 Å². The van der Waals surface area contributed by atoms with Crippen molar-refractivity contribution in [2.75, 3.05) is 14.2 Å². The van der Waals surface area contributed by atoms with E-state index in [0.717, 1.165) is 5.56 Å². The van der Waals surface area contributed by atoms with E-state index in [-0.39, 0.29) is 29.5 Å². The molecule has 5 nitrogen and oxygen atoms in total. The molecule has 0 radical (unpaired) electrons. The van der Waals surface area contributed by atoms with Crippen LogP contribution in [-0.2, 0) is 14.3 Å². The SMILES string of the molecule is COc1ccc([C@H]2CC(=O)OC3=C2C(=O)CC(C)(C)C3)c(OC)c1. The Balaban J connectivity index is 2.10. The van der Waals surface area contributed by atoms with Gasteiger partial charge >= 0.3 is 5.97 Å². The number of carbonyl (C=O) groups is 2. The molecule has 128 valence electrons. The molecule has 1 atom stereocenters. The molecule has 0 spiro atoms. The van der Waals surface area contributed by atoms with Gasteiger partial charge in [-0.2, -0.15) is 0 Å². The summed E-state index contributed by atoms with van der Waals surface area (Å²) in [6, 6.07) is 5.45. The molecule has 1 aromatic rings. The predicted octanol–water partition coefficient (Wildman–Crippen LogP) is 3.38. The van der Waals surface area contributed by atoms with Crippen molar-refractivity contribution >= 4 is 11.8 Å². The maximum absolute atomic E-state index is 12.7. The fraction of sp³-hybridized carbons (Fsp3) is 0.474. The van der Waals surface area contributed by atoms with Crippen LogP contribution in [-0.4, -0.2) is 26.0 Å². The first-order valence-corrected chi connectivity index (χ1v) is 8.03. The summed E-state index contributed by atoms with van der Waals surface area (Å²) in [5.74, 6) is 1.22. The molecule has 0 unspecified atom stereocenters. The molecular weight excluding hydrogens is 308 g/mol. The van der Waals surface area contributed by atoms with Crippen molar-refractivity contribution in [3.63, 3.8) is 0 Å². The number of ether oxygens (including phenoxy) is 3. The quantitative estimate of drug-likeness (QED) is 0.795. The van der Waals surface area contributed by atoms with Gasteiger partial charge in [-0.15, -0.1) is 0 Å². The molecular formula is C19H22O5. The van der Waals surface area contributed by atoms with Gasteiger partial charge in [-0.3, -0.25) is 9.59 Å². The summed E-state index contributed by atoms with van der Waals surface area (Å²) < 4.78 is 16.1. The summed E-state index contributed by atoms with van der Waals surface area (Å²) in [7, 11) is 3.15. The minimum absolute atomic E-state index is 0.0524. The summed E-state index contributed by atoms with van der Waals surface area (Å²) in [6.07, 6.45) is 1.20. The van der Waals surface area contributed by atoms with Gasteiger partial charge in [0.15, 0.2) is 5.78 Å². The van der Waals surface area contributed by atoms with Gasteiger partial charge < -0.3 is 14.2 Å². The molecule has 0 saturated heterocycles. The summed E-state index contributed by atoms with van der Waals surface area (Å²) in [6.45, 7) is 4.03. The van der Waals surface area contributed by atoms with Gasteiger partial charge in [0, 0.05) is 36.0 Å². The van der Waals surface area contributed by atoms with Gasteiger partial charge in [0.1, 0.15) is 17.3 Å². The van der Waals surface area contributed by atoms with Gasteiger partial charge in [0.2, 0.25) is 0 Å². The van der Waals surface area contributed by atoms with Crippen LogP contribution in [0.2, 0.25) is 0 Å². The lowest BCUT2D eigenvalue weighted by Gasteiger charge is -2.36. The first-order chi connectivity index (χ1) is 11.3. The fourth-order valence-electron chi connectivity index (χ4n) is 3.58. The number of methoxy groups -OCH3 is 2. The van der Waals surface area contributed by atoms with Crippen LogP contribution in [0.15, 0.2) is 29.5 Å². The molecule has 2 aliphatic rings. The van der Waals surface area contributed by atoms with E-state index in [1.165, 1.54) is 0 Å². The summed E-state index contributed by atoms with van der Waals surface area (Å²) >= 11 is 0. The van der Waals surface area contributed by atoms with E-state index >= 15 is 0 Å². The Morgan fingerprint density at radius 2 is 1.88 bits per heavy atom. The standard InChI is InChI=1S/C19H22O5/c1-19(2)9-14(20)18-13(8-17(21)24-16(18)10-19)12-6-5-11(22-3)7-15(12)23-4/h5-7,13H,8-10H2,1-4H3/t13-/m1/s1. The van der Waals surface area contributed by atoms with E-state index in [4.69, 9.17) is 14.2 Å². The van der Waals surface area contributed by atoms with Crippen LogP contribution in [0.5, 0.6) is 11.5 Å². The second-order valence-corrected chi connectivity index (χ2v) is 7.12. The average Bonchev–Trinajstić information content (AvgIpc) is 2.51. The van der Waals surface area contributed by atoms with Crippen LogP contribution in [0.1, 0.15) is 44.6 Å². The van der Waals surface area contributed by atoms with Gasteiger partial charge in [0.25, 0.3) is 0 Å². The molecule has 1 aliphatic heterocycles. The average molecular weight is 330 g/mol. The smallest absolute Gasteiger partial charge is 0.311 e. The second kappa shape index (κ2) is 5.96. The van der Waals surface area contributed by atoms with Crippen LogP contribution in [0, 0.1) is 5.41 Å². The first-order valence-electron chi connectivity index (χ1n) is 8.03. The zero-order valence-corrected chi connectivity index (χ0v) is 14.5. The Morgan fingerprint density at radius 3 is 2.54 bits per heavy atom. The highest BCUT2D eigenvalue weighted by Gasteiger charge is 2.42. The van der Waals surface area contributed by atoms with Crippen molar-refractivity contribution in [1.29, 1.82) is 0 Å². The highest BCUT2D eigenvalue weighted by Crippen LogP contribution is 2.47. The molecule has 0 aromatic heterocycles. The van der Waals surface area contributed by atoms with Gasteiger partial charge in [-0.25, -0.2) is 0 Å². The van der Waals surface area contributed by atoms with Crippen molar-refractivity contribution in [3.05, 3.63) is 35.1 Å². The van der Waals surface area contributed by atoms with Crippen LogP contribution < -0.4 is 9.47 Å². The molecule has 0 amide bonds. The third kappa shape index (κ3) is 2.90. The summed E-state index contributed by atoms with van der Waals surface area (Å²) in [5.41, 5.74) is 1.25. The highest BCUT2D eigenvalue weighted by molar-refractivity contribution is 6.00. The van der Waals surface area contributed by atoms with Crippen LogP contribution >= 0.6 is 0 Å². The zero-order chi connectivity index (χ0) is 17.5. The molecule has 0 N–H and O–H groups in total. The number of allylic oxidation sites excluding steroid dienone is 2. The third-order valence-corrected chi connectivity index (χ3v) is 4.65. The predicted molar refractivity (Wildman–Crippen MR) is 88.0 cm³/mol. The number of benzene rings is 1. The highest BCUT2D eigenvalue weighted by atomic mass is 16.5. The maximum atomic E-state index is 12.7. The molecule has 0 fully saturated rings. The van der Waals surface area contributed by atoms with Gasteiger partial charge in [-0.05, 0) is 11.5 Å². The summed E-state index contributed by atoms with van der Waals surface area (Å²) in [4.78, 5) is 24.9. The number of ketones is 1. The number of esters is 1. The Bertz CT molecular complexity index is 729. The normalized spacial score (nSPS) is 22.8. The Morgan fingerprint density at radius 1 is 1.12 bits per heavy atom. The van der Waals surface area contributed by atoms with E-state index in [2.05, 4.69) is 0 Å². The largest absolute Gasteiger partial charge is 0.497 e. The maximum Gasteiger partial charge on any atom is 0.311 e. The van der Waals surface area contributed by atoms with E-state index in [1.54, 1.807) is 20.3 Å².